The van der Waals surface area contributed by atoms with Crippen molar-refractivity contribution in [2.45, 2.75) is 4.90 Å². The Morgan fingerprint density at radius 3 is 2.06 bits per heavy atom. The summed E-state index contributed by atoms with van der Waals surface area (Å²) in [5, 5.41) is 0. The van der Waals surface area contributed by atoms with Gasteiger partial charge in [0.2, 0.25) is 9.05 Å². The minimum atomic E-state index is -4.12. The van der Waals surface area contributed by atoms with E-state index in [2.05, 4.69) is 0 Å². The fourth-order valence-electron chi connectivity index (χ4n) is 1.14. The molecule has 1 rings (SSSR count). The Morgan fingerprint density at radius 1 is 1.06 bits per heavy atom. The number of ketones is 1. The predicted octanol–water partition coefficient (Wildman–Crippen LogP) is 1.37. The van der Waals surface area contributed by atoms with Gasteiger partial charge in [-0.15, -0.1) is 0 Å². The third-order valence-corrected chi connectivity index (χ3v) is 4.07. The molecule has 0 aliphatic rings. The molecule has 0 aromatic heterocycles. The zero-order valence-corrected chi connectivity index (χ0v) is 11.3. The van der Waals surface area contributed by atoms with Crippen LogP contribution in [-0.2, 0) is 18.1 Å². The largest absolute Gasteiger partial charge is 0.293 e. The van der Waals surface area contributed by atoms with Crippen LogP contribution in [0.4, 0.5) is 0 Å². The number of Topliss-reactive ketones (excluding diaryl/α,β-unsaturated/α-hetero) is 1. The van der Waals surface area contributed by atoms with Crippen LogP contribution >= 0.6 is 21.4 Å². The predicted molar refractivity (Wildman–Crippen MR) is 63.5 cm³/mol. The maximum atomic E-state index is 11.5. The van der Waals surface area contributed by atoms with Crippen LogP contribution in [0, 0.1) is 0 Å². The molecular formula is C8H6Cl2O5S2. The lowest BCUT2D eigenvalue weighted by atomic mass is 10.1. The van der Waals surface area contributed by atoms with Crippen LogP contribution in [0.5, 0.6) is 0 Å². The number of hydrogen-bond donors (Lipinski definition) is 0. The van der Waals surface area contributed by atoms with Gasteiger partial charge < -0.3 is 0 Å². The van der Waals surface area contributed by atoms with Gasteiger partial charge in [-0.2, -0.15) is 0 Å². The van der Waals surface area contributed by atoms with Crippen LogP contribution in [0.2, 0.25) is 0 Å². The fraction of sp³-hybridized carbons (Fsp3) is 0.125. The number of halogens is 2. The molecule has 0 aliphatic carbocycles. The quantitative estimate of drug-likeness (QED) is 0.618. The zero-order chi connectivity index (χ0) is 13.3. The van der Waals surface area contributed by atoms with Gasteiger partial charge in [0.15, 0.2) is 5.78 Å². The van der Waals surface area contributed by atoms with Crippen LogP contribution in [0.15, 0.2) is 29.2 Å². The number of rotatable bonds is 4. The summed E-state index contributed by atoms with van der Waals surface area (Å²) in [5.74, 6) is -1.92. The minimum absolute atomic E-state index is 0.299. The molecule has 0 saturated heterocycles. The molecular weight excluding hydrogens is 311 g/mol. The first-order chi connectivity index (χ1) is 7.61. The summed E-state index contributed by atoms with van der Waals surface area (Å²) in [5.41, 5.74) is -0.299. The van der Waals surface area contributed by atoms with Gasteiger partial charge in [0.25, 0.3) is 9.05 Å². The van der Waals surface area contributed by atoms with Crippen molar-refractivity contribution in [3.8, 4) is 0 Å². The van der Waals surface area contributed by atoms with E-state index in [0.29, 0.717) is 0 Å². The van der Waals surface area contributed by atoms with Crippen molar-refractivity contribution in [3.05, 3.63) is 29.8 Å². The summed E-state index contributed by atoms with van der Waals surface area (Å²) in [6.07, 6.45) is 0. The van der Waals surface area contributed by atoms with E-state index in [1.54, 1.807) is 0 Å². The van der Waals surface area contributed by atoms with Crippen LogP contribution in [0.1, 0.15) is 10.4 Å². The summed E-state index contributed by atoms with van der Waals surface area (Å²) in [4.78, 5) is 11.1. The van der Waals surface area contributed by atoms with E-state index < -0.39 is 34.5 Å². The molecule has 1 aromatic carbocycles. The normalized spacial score (nSPS) is 12.4. The van der Waals surface area contributed by atoms with Crippen molar-refractivity contribution in [3.63, 3.8) is 0 Å². The van der Waals surface area contributed by atoms with Crippen molar-refractivity contribution < 1.29 is 21.6 Å². The molecule has 0 atom stereocenters. The van der Waals surface area contributed by atoms with E-state index >= 15 is 0 Å². The topological polar surface area (TPSA) is 85.3 Å². The lowest BCUT2D eigenvalue weighted by Crippen LogP contribution is -2.14. The second-order valence-electron chi connectivity index (χ2n) is 3.04. The van der Waals surface area contributed by atoms with Gasteiger partial charge in [-0.3, -0.25) is 4.79 Å². The first-order valence-corrected chi connectivity index (χ1v) is 8.89. The van der Waals surface area contributed by atoms with E-state index in [4.69, 9.17) is 21.4 Å². The maximum absolute atomic E-state index is 11.5. The molecule has 0 fully saturated rings. The van der Waals surface area contributed by atoms with Crippen LogP contribution < -0.4 is 0 Å². The van der Waals surface area contributed by atoms with Crippen LogP contribution in [0.25, 0.3) is 0 Å². The Bertz CT molecular complexity index is 648. The van der Waals surface area contributed by atoms with E-state index in [9.17, 15) is 21.6 Å². The number of hydrogen-bond acceptors (Lipinski definition) is 5. The van der Waals surface area contributed by atoms with Crippen molar-refractivity contribution in [2.24, 2.45) is 0 Å². The average Bonchev–Trinajstić information content (AvgIpc) is 2.13. The van der Waals surface area contributed by atoms with E-state index in [1.165, 1.54) is 18.2 Å². The first-order valence-electron chi connectivity index (χ1n) is 4.10. The van der Waals surface area contributed by atoms with Gasteiger partial charge in [-0.05, 0) is 6.07 Å². The molecule has 0 radical (unpaired) electrons. The zero-order valence-electron chi connectivity index (χ0n) is 8.13. The number of carbonyl (C=O) groups is 1. The molecule has 5 nitrogen and oxygen atoms in total. The summed E-state index contributed by atoms with van der Waals surface area (Å²) in [6.45, 7) is 0. The van der Waals surface area contributed by atoms with Crippen molar-refractivity contribution >= 4 is 45.2 Å². The summed E-state index contributed by atoms with van der Waals surface area (Å²) < 4.78 is 43.8. The van der Waals surface area contributed by atoms with Gasteiger partial charge >= 0.3 is 0 Å². The van der Waals surface area contributed by atoms with Crippen molar-refractivity contribution in [1.82, 2.24) is 0 Å². The Labute approximate surface area is 107 Å². The van der Waals surface area contributed by atoms with E-state index in [0.717, 1.165) is 6.07 Å². The SMILES string of the molecule is O=C(CS(=O)(=O)Cl)c1ccccc1S(=O)(=O)Cl. The number of carbonyl (C=O) groups excluding carboxylic acids is 1. The molecule has 17 heavy (non-hydrogen) atoms. The minimum Gasteiger partial charge on any atom is -0.293 e. The third kappa shape index (κ3) is 4.27. The highest BCUT2D eigenvalue weighted by atomic mass is 35.7. The van der Waals surface area contributed by atoms with Crippen LogP contribution in [0.3, 0.4) is 0 Å². The summed E-state index contributed by atoms with van der Waals surface area (Å²) >= 11 is 0. The Balaban J connectivity index is 3.29. The molecule has 0 N–H and O–H groups in total. The third-order valence-electron chi connectivity index (χ3n) is 1.75. The monoisotopic (exact) mass is 316 g/mol. The number of benzene rings is 1. The lowest BCUT2D eigenvalue weighted by molar-refractivity contribution is 0.101. The van der Waals surface area contributed by atoms with Gasteiger partial charge in [0, 0.05) is 26.9 Å². The van der Waals surface area contributed by atoms with Gasteiger partial charge in [0.1, 0.15) is 5.75 Å². The fourth-order valence-corrected chi connectivity index (χ4v) is 3.00. The summed E-state index contributed by atoms with van der Waals surface area (Å²) in [6, 6.07) is 5.02. The van der Waals surface area contributed by atoms with E-state index in [1.807, 2.05) is 0 Å². The molecule has 0 spiro atoms. The highest BCUT2D eigenvalue weighted by Gasteiger charge is 2.23. The highest BCUT2D eigenvalue weighted by Crippen LogP contribution is 2.20. The van der Waals surface area contributed by atoms with Gasteiger partial charge in [-0.25, -0.2) is 16.8 Å². The highest BCUT2D eigenvalue weighted by molar-refractivity contribution is 8.14. The Hall–Kier alpha value is -0.630. The van der Waals surface area contributed by atoms with E-state index in [-0.39, 0.29) is 5.56 Å². The molecule has 9 heteroatoms. The second-order valence-corrected chi connectivity index (χ2v) is 8.35. The van der Waals surface area contributed by atoms with Crippen molar-refractivity contribution in [1.29, 1.82) is 0 Å². The Kier molecular flexibility index (Phi) is 4.19. The molecule has 94 valence electrons. The summed E-state index contributed by atoms with van der Waals surface area (Å²) in [7, 11) is 1.86. The molecule has 0 heterocycles. The van der Waals surface area contributed by atoms with Crippen molar-refractivity contribution in [2.75, 3.05) is 5.75 Å². The molecule has 1 aromatic rings. The first kappa shape index (κ1) is 14.4. The van der Waals surface area contributed by atoms with Gasteiger partial charge in [0.05, 0.1) is 4.90 Å². The van der Waals surface area contributed by atoms with Crippen LogP contribution in [-0.4, -0.2) is 28.4 Å². The Morgan fingerprint density at radius 2 is 1.59 bits per heavy atom. The smallest absolute Gasteiger partial charge is 0.262 e. The second kappa shape index (κ2) is 4.93. The molecule has 0 bridgehead atoms. The maximum Gasteiger partial charge on any atom is 0.262 e. The molecule has 0 saturated carbocycles. The molecule has 0 aliphatic heterocycles. The van der Waals surface area contributed by atoms with Gasteiger partial charge in [-0.1, -0.05) is 18.2 Å². The lowest BCUT2D eigenvalue weighted by Gasteiger charge is -2.04. The standard InChI is InChI=1S/C8H6Cl2O5S2/c9-16(12,13)5-7(11)6-3-1-2-4-8(6)17(10,14)15/h1-4H,5H2. The average molecular weight is 317 g/mol. The molecule has 0 amide bonds. The molecule has 0 unspecified atom stereocenters.